The Bertz CT molecular complexity index is 368. The summed E-state index contributed by atoms with van der Waals surface area (Å²) in [5, 5.41) is 9.21. The summed E-state index contributed by atoms with van der Waals surface area (Å²) in [7, 11) is 0. The van der Waals surface area contributed by atoms with Crippen LogP contribution in [0.5, 0.6) is 0 Å². The highest BCUT2D eigenvalue weighted by Crippen LogP contribution is 2.37. The molecule has 106 valence electrons. The Morgan fingerprint density at radius 2 is 2.11 bits per heavy atom. The number of carbonyl (C=O) groups excluding carboxylic acids is 1. The van der Waals surface area contributed by atoms with Crippen LogP contribution in [0.15, 0.2) is 12.7 Å². The first-order valence-electron chi connectivity index (χ1n) is 6.90. The van der Waals surface area contributed by atoms with Crippen LogP contribution in [-0.2, 0) is 9.53 Å². The second-order valence-corrected chi connectivity index (χ2v) is 5.40. The van der Waals surface area contributed by atoms with Gasteiger partial charge in [-0.2, -0.15) is 0 Å². The number of carboxylic acids is 1. The number of hydrogen-bond acceptors (Lipinski definition) is 3. The van der Waals surface area contributed by atoms with Gasteiger partial charge in [0.25, 0.3) is 0 Å². The van der Waals surface area contributed by atoms with Gasteiger partial charge in [0.15, 0.2) is 0 Å². The second kappa shape index (κ2) is 6.08. The maximum Gasteiger partial charge on any atom is 0.410 e. The molecule has 0 unspecified atom stereocenters. The number of carboxylic acid groups (broad SMARTS) is 1. The number of nitrogens with zero attached hydrogens (tertiary/aromatic N) is 1. The molecule has 1 amide bonds. The van der Waals surface area contributed by atoms with Crippen LogP contribution in [0.2, 0.25) is 0 Å². The molecule has 1 saturated carbocycles. The minimum atomic E-state index is -0.814. The molecule has 2 aliphatic rings. The van der Waals surface area contributed by atoms with Gasteiger partial charge in [-0.15, -0.1) is 0 Å². The first-order chi connectivity index (χ1) is 9.13. The van der Waals surface area contributed by atoms with Crippen molar-refractivity contribution in [2.45, 2.75) is 38.1 Å². The van der Waals surface area contributed by atoms with Gasteiger partial charge in [0, 0.05) is 12.6 Å². The van der Waals surface area contributed by atoms with Crippen molar-refractivity contribution >= 4 is 12.1 Å². The molecule has 1 N–H and O–H groups in total. The van der Waals surface area contributed by atoms with Crippen molar-refractivity contribution in [1.82, 2.24) is 4.90 Å². The van der Waals surface area contributed by atoms with Gasteiger partial charge in [0.05, 0.1) is 5.92 Å². The van der Waals surface area contributed by atoms with E-state index in [0.29, 0.717) is 12.3 Å². The van der Waals surface area contributed by atoms with E-state index in [1.807, 2.05) is 0 Å². The van der Waals surface area contributed by atoms with Crippen LogP contribution in [-0.4, -0.2) is 41.3 Å². The Morgan fingerprint density at radius 1 is 1.37 bits per heavy atom. The fourth-order valence-corrected chi connectivity index (χ4v) is 3.29. The summed E-state index contributed by atoms with van der Waals surface area (Å²) in [6.45, 7) is 3.95. The van der Waals surface area contributed by atoms with E-state index < -0.39 is 18.0 Å². The minimum absolute atomic E-state index is 0.154. The molecule has 0 bridgehead atoms. The summed E-state index contributed by atoms with van der Waals surface area (Å²) in [5.41, 5.74) is 0. The smallest absolute Gasteiger partial charge is 0.410 e. The number of likely N-dealkylation sites (tertiary alicyclic amines) is 1. The third-order valence-electron chi connectivity index (χ3n) is 4.18. The quantitative estimate of drug-likeness (QED) is 0.797. The van der Waals surface area contributed by atoms with Gasteiger partial charge >= 0.3 is 12.1 Å². The van der Waals surface area contributed by atoms with Crippen molar-refractivity contribution in [3.63, 3.8) is 0 Å². The minimum Gasteiger partial charge on any atom is -0.481 e. The van der Waals surface area contributed by atoms with E-state index in [-0.39, 0.29) is 19.2 Å². The summed E-state index contributed by atoms with van der Waals surface area (Å²) < 4.78 is 5.08. The molecule has 1 aliphatic carbocycles. The molecular weight excluding hydrogens is 246 g/mol. The zero-order valence-corrected chi connectivity index (χ0v) is 11.1. The molecule has 19 heavy (non-hydrogen) atoms. The average Bonchev–Trinajstić information content (AvgIpc) is 2.43. The van der Waals surface area contributed by atoms with Crippen molar-refractivity contribution in [3.8, 4) is 0 Å². The molecule has 0 aromatic heterocycles. The molecule has 0 radical (unpaired) electrons. The molecule has 0 aromatic rings. The molecule has 1 heterocycles. The van der Waals surface area contributed by atoms with Crippen molar-refractivity contribution in [1.29, 1.82) is 0 Å². The largest absolute Gasteiger partial charge is 0.481 e. The van der Waals surface area contributed by atoms with E-state index in [1.54, 1.807) is 4.90 Å². The summed E-state index contributed by atoms with van der Waals surface area (Å²) in [6.07, 6.45) is 6.01. The lowest BCUT2D eigenvalue weighted by atomic mass is 9.75. The fraction of sp³-hybridized carbons (Fsp3) is 0.714. The van der Waals surface area contributed by atoms with Crippen LogP contribution in [0, 0.1) is 11.8 Å². The highest BCUT2D eigenvalue weighted by Gasteiger charge is 2.42. The highest BCUT2D eigenvalue weighted by molar-refractivity contribution is 5.73. The van der Waals surface area contributed by atoms with Crippen LogP contribution in [0.25, 0.3) is 0 Å². The van der Waals surface area contributed by atoms with Crippen LogP contribution in [0.1, 0.15) is 32.1 Å². The SMILES string of the molecule is C=CCOC(=O)N1C[C@H](C(=O)O)C[C@@H]2CCCC[C@H]21. The maximum atomic E-state index is 12.0. The number of fused-ring (bicyclic) bond motifs is 1. The molecule has 2 fully saturated rings. The molecule has 5 heteroatoms. The van der Waals surface area contributed by atoms with Crippen molar-refractivity contribution in [3.05, 3.63) is 12.7 Å². The normalized spacial score (nSPS) is 30.3. The van der Waals surface area contributed by atoms with Gasteiger partial charge in [0.1, 0.15) is 6.61 Å². The molecule has 2 rings (SSSR count). The van der Waals surface area contributed by atoms with Crippen LogP contribution < -0.4 is 0 Å². The van der Waals surface area contributed by atoms with Gasteiger partial charge < -0.3 is 14.7 Å². The molecule has 5 nitrogen and oxygen atoms in total. The van der Waals surface area contributed by atoms with Gasteiger partial charge in [-0.05, 0) is 25.2 Å². The van der Waals surface area contributed by atoms with E-state index in [4.69, 9.17) is 4.74 Å². The summed E-state index contributed by atoms with van der Waals surface area (Å²) in [5.74, 6) is -0.971. The number of hydrogen-bond donors (Lipinski definition) is 1. The summed E-state index contributed by atoms with van der Waals surface area (Å²) >= 11 is 0. The average molecular weight is 267 g/mol. The second-order valence-electron chi connectivity index (χ2n) is 5.40. The topological polar surface area (TPSA) is 66.8 Å². The molecule has 0 aromatic carbocycles. The number of aliphatic carboxylic acids is 1. The molecule has 1 aliphatic heterocycles. The first-order valence-corrected chi connectivity index (χ1v) is 6.90. The predicted molar refractivity (Wildman–Crippen MR) is 69.7 cm³/mol. The van der Waals surface area contributed by atoms with Crippen molar-refractivity contribution in [2.24, 2.45) is 11.8 Å². The monoisotopic (exact) mass is 267 g/mol. The Balaban J connectivity index is 2.09. The summed E-state index contributed by atoms with van der Waals surface area (Å²) in [6, 6.07) is 0.154. The third kappa shape index (κ3) is 3.08. The Kier molecular flexibility index (Phi) is 4.45. The maximum absolute atomic E-state index is 12.0. The van der Waals surface area contributed by atoms with Gasteiger partial charge in [0.2, 0.25) is 0 Å². The third-order valence-corrected chi connectivity index (χ3v) is 4.18. The van der Waals surface area contributed by atoms with Gasteiger partial charge in [-0.1, -0.05) is 25.5 Å². The van der Waals surface area contributed by atoms with Gasteiger partial charge in [-0.3, -0.25) is 4.79 Å². The molecular formula is C14H21NO4. The Labute approximate surface area is 113 Å². The lowest BCUT2D eigenvalue weighted by molar-refractivity contribution is -0.145. The zero-order chi connectivity index (χ0) is 13.8. The highest BCUT2D eigenvalue weighted by atomic mass is 16.6. The lowest BCUT2D eigenvalue weighted by Crippen LogP contribution is -2.54. The molecule has 1 saturated heterocycles. The van der Waals surface area contributed by atoms with E-state index in [1.165, 1.54) is 6.08 Å². The molecule has 0 spiro atoms. The number of piperidine rings is 1. The van der Waals surface area contributed by atoms with E-state index in [0.717, 1.165) is 25.7 Å². The van der Waals surface area contributed by atoms with E-state index in [9.17, 15) is 14.7 Å². The van der Waals surface area contributed by atoms with E-state index >= 15 is 0 Å². The number of rotatable bonds is 3. The predicted octanol–water partition coefficient (Wildman–Crippen LogP) is 2.27. The lowest BCUT2D eigenvalue weighted by Gasteiger charge is -2.45. The first kappa shape index (κ1) is 13.9. The summed E-state index contributed by atoms with van der Waals surface area (Å²) in [4.78, 5) is 24.9. The Hall–Kier alpha value is -1.52. The molecule has 3 atom stereocenters. The van der Waals surface area contributed by atoms with Crippen LogP contribution in [0.4, 0.5) is 4.79 Å². The van der Waals surface area contributed by atoms with E-state index in [2.05, 4.69) is 6.58 Å². The fourth-order valence-electron chi connectivity index (χ4n) is 3.29. The Morgan fingerprint density at radius 3 is 2.79 bits per heavy atom. The van der Waals surface area contributed by atoms with Crippen LogP contribution >= 0.6 is 0 Å². The van der Waals surface area contributed by atoms with Crippen LogP contribution in [0.3, 0.4) is 0 Å². The van der Waals surface area contributed by atoms with Gasteiger partial charge in [-0.25, -0.2) is 4.79 Å². The zero-order valence-electron chi connectivity index (χ0n) is 11.1. The van der Waals surface area contributed by atoms with Crippen molar-refractivity contribution < 1.29 is 19.4 Å². The number of ether oxygens (including phenoxy) is 1. The number of amides is 1. The number of carbonyl (C=O) groups is 2. The standard InChI is InChI=1S/C14H21NO4/c1-2-7-19-14(18)15-9-11(13(16)17)8-10-5-3-4-6-12(10)15/h2,10-12H,1,3-9H2,(H,16,17)/t10-,11+,12+/m0/s1. The van der Waals surface area contributed by atoms with Crippen molar-refractivity contribution in [2.75, 3.05) is 13.2 Å².